The molecule has 1 amide bonds. The Kier molecular flexibility index (Phi) is 6.53. The molecule has 1 aliphatic rings. The van der Waals surface area contributed by atoms with Crippen LogP contribution in [0.5, 0.6) is 0 Å². The van der Waals surface area contributed by atoms with Gasteiger partial charge in [0.05, 0.1) is 16.6 Å². The number of imidazole rings is 1. The molecule has 0 radical (unpaired) electrons. The van der Waals surface area contributed by atoms with Gasteiger partial charge in [0.1, 0.15) is 0 Å². The van der Waals surface area contributed by atoms with Crippen molar-refractivity contribution in [1.82, 2.24) is 14.9 Å². The van der Waals surface area contributed by atoms with E-state index in [1.54, 1.807) is 12.1 Å². The SMILES string of the molecule is CCC(CC)(CN)NC(=O)c1ccc2c(c1)[nH]c(=O)n2C1CCCC1.Cl. The second-order valence-corrected chi connectivity index (χ2v) is 7.12. The van der Waals surface area contributed by atoms with Crippen LogP contribution in [0.25, 0.3) is 11.0 Å². The highest BCUT2D eigenvalue weighted by Crippen LogP contribution is 2.30. The third kappa shape index (κ3) is 3.67. The van der Waals surface area contributed by atoms with Gasteiger partial charge >= 0.3 is 5.69 Å². The van der Waals surface area contributed by atoms with Crippen LogP contribution in [0.15, 0.2) is 23.0 Å². The van der Waals surface area contributed by atoms with Crippen molar-refractivity contribution >= 4 is 29.3 Å². The van der Waals surface area contributed by atoms with Crippen molar-refractivity contribution in [3.8, 4) is 0 Å². The second-order valence-electron chi connectivity index (χ2n) is 7.12. The molecule has 2 aromatic rings. The van der Waals surface area contributed by atoms with Crippen molar-refractivity contribution in [3.05, 3.63) is 34.2 Å². The van der Waals surface area contributed by atoms with E-state index in [-0.39, 0.29) is 35.6 Å². The van der Waals surface area contributed by atoms with Crippen LogP contribution in [0.3, 0.4) is 0 Å². The number of aromatic nitrogens is 2. The average Bonchev–Trinajstić information content (AvgIpc) is 3.25. The lowest BCUT2D eigenvalue weighted by atomic mass is 9.92. The minimum atomic E-state index is -0.380. The van der Waals surface area contributed by atoms with Crippen molar-refractivity contribution in [2.24, 2.45) is 5.73 Å². The Morgan fingerprint density at radius 2 is 1.96 bits per heavy atom. The fourth-order valence-electron chi connectivity index (χ4n) is 3.88. The summed E-state index contributed by atoms with van der Waals surface area (Å²) in [6.45, 7) is 4.46. The smallest absolute Gasteiger partial charge is 0.326 e. The Morgan fingerprint density at radius 3 is 2.54 bits per heavy atom. The van der Waals surface area contributed by atoms with Crippen LogP contribution >= 0.6 is 12.4 Å². The normalized spacial score (nSPS) is 15.2. The van der Waals surface area contributed by atoms with Crippen molar-refractivity contribution in [1.29, 1.82) is 0 Å². The topological polar surface area (TPSA) is 92.9 Å². The summed E-state index contributed by atoms with van der Waals surface area (Å²) in [4.78, 5) is 27.9. The number of halogens is 1. The fourth-order valence-corrected chi connectivity index (χ4v) is 3.88. The molecule has 144 valence electrons. The first kappa shape index (κ1) is 20.5. The average molecular weight is 381 g/mol. The molecular formula is C19H29ClN4O2. The first-order valence-electron chi connectivity index (χ1n) is 9.30. The predicted molar refractivity (Wildman–Crippen MR) is 107 cm³/mol. The number of nitrogens with two attached hydrogens (primary N) is 1. The number of benzene rings is 1. The Balaban J connectivity index is 0.00000243. The summed E-state index contributed by atoms with van der Waals surface area (Å²) in [5.74, 6) is -0.148. The van der Waals surface area contributed by atoms with Crippen LogP contribution in [0.1, 0.15) is 68.8 Å². The van der Waals surface area contributed by atoms with Crippen molar-refractivity contribution in [2.75, 3.05) is 6.54 Å². The number of nitrogens with one attached hydrogen (secondary N) is 2. The molecule has 0 aliphatic heterocycles. The Bertz CT molecular complexity index is 808. The van der Waals surface area contributed by atoms with E-state index in [0.717, 1.165) is 36.7 Å². The monoisotopic (exact) mass is 380 g/mol. The summed E-state index contributed by atoms with van der Waals surface area (Å²) in [5.41, 5.74) is 7.55. The molecule has 7 heteroatoms. The number of amides is 1. The maximum Gasteiger partial charge on any atom is 0.326 e. The van der Waals surface area contributed by atoms with E-state index in [0.29, 0.717) is 12.1 Å². The molecule has 1 fully saturated rings. The van der Waals surface area contributed by atoms with E-state index in [2.05, 4.69) is 10.3 Å². The first-order chi connectivity index (χ1) is 12.0. The van der Waals surface area contributed by atoms with Gasteiger partial charge in [-0.05, 0) is 43.9 Å². The standard InChI is InChI=1S/C19H28N4O2.ClH/c1-3-19(4-2,12-20)22-17(24)13-9-10-16-15(11-13)21-18(25)23(16)14-7-5-6-8-14;/h9-11,14H,3-8,12,20H2,1-2H3,(H,21,25)(H,22,24);1H. The third-order valence-electron chi connectivity index (χ3n) is 5.79. The number of rotatable bonds is 6. The molecule has 1 aromatic heterocycles. The van der Waals surface area contributed by atoms with Crippen LogP contribution in [0.2, 0.25) is 0 Å². The summed E-state index contributed by atoms with van der Waals surface area (Å²) in [6, 6.07) is 5.71. The minimum Gasteiger partial charge on any atom is -0.345 e. The molecule has 1 heterocycles. The van der Waals surface area contributed by atoms with Gasteiger partial charge in [0.15, 0.2) is 0 Å². The zero-order chi connectivity index (χ0) is 18.0. The molecule has 0 saturated heterocycles. The fraction of sp³-hybridized carbons (Fsp3) is 0.579. The van der Waals surface area contributed by atoms with Crippen molar-refractivity contribution in [3.63, 3.8) is 0 Å². The van der Waals surface area contributed by atoms with Gasteiger partial charge in [-0.1, -0.05) is 26.7 Å². The highest BCUT2D eigenvalue weighted by Gasteiger charge is 2.27. The summed E-state index contributed by atoms with van der Waals surface area (Å²) < 4.78 is 1.85. The van der Waals surface area contributed by atoms with E-state index < -0.39 is 0 Å². The van der Waals surface area contributed by atoms with Gasteiger partial charge in [0, 0.05) is 18.2 Å². The number of nitrogens with zero attached hydrogens (tertiary/aromatic N) is 1. The number of carbonyl (C=O) groups excluding carboxylic acids is 1. The van der Waals surface area contributed by atoms with E-state index in [4.69, 9.17) is 5.73 Å². The maximum atomic E-state index is 12.7. The molecule has 4 N–H and O–H groups in total. The minimum absolute atomic E-state index is 0. The highest BCUT2D eigenvalue weighted by molar-refractivity contribution is 5.97. The van der Waals surface area contributed by atoms with Gasteiger partial charge < -0.3 is 16.0 Å². The molecule has 0 unspecified atom stereocenters. The molecule has 26 heavy (non-hydrogen) atoms. The lowest BCUT2D eigenvalue weighted by molar-refractivity contribution is 0.0895. The van der Waals surface area contributed by atoms with Gasteiger partial charge in [0.2, 0.25) is 0 Å². The molecule has 3 rings (SSSR count). The van der Waals surface area contributed by atoms with E-state index >= 15 is 0 Å². The summed E-state index contributed by atoms with van der Waals surface area (Å²) >= 11 is 0. The molecule has 1 saturated carbocycles. The highest BCUT2D eigenvalue weighted by atomic mass is 35.5. The number of carbonyl (C=O) groups is 1. The molecular weight excluding hydrogens is 352 g/mol. The zero-order valence-electron chi connectivity index (χ0n) is 15.5. The van der Waals surface area contributed by atoms with Gasteiger partial charge in [0.25, 0.3) is 5.91 Å². The van der Waals surface area contributed by atoms with Crippen LogP contribution in [-0.4, -0.2) is 27.5 Å². The Morgan fingerprint density at radius 1 is 1.31 bits per heavy atom. The second kappa shape index (κ2) is 8.27. The van der Waals surface area contributed by atoms with Gasteiger partial charge in [-0.2, -0.15) is 0 Å². The van der Waals surface area contributed by atoms with Gasteiger partial charge in [-0.3, -0.25) is 9.36 Å². The molecule has 1 aliphatic carbocycles. The van der Waals surface area contributed by atoms with Crippen molar-refractivity contribution < 1.29 is 4.79 Å². The van der Waals surface area contributed by atoms with E-state index in [1.165, 1.54) is 12.8 Å². The molecule has 1 aromatic carbocycles. The van der Waals surface area contributed by atoms with Gasteiger partial charge in [-0.15, -0.1) is 12.4 Å². The third-order valence-corrected chi connectivity index (χ3v) is 5.79. The summed E-state index contributed by atoms with van der Waals surface area (Å²) in [6.07, 6.45) is 5.98. The molecule has 6 nitrogen and oxygen atoms in total. The lowest BCUT2D eigenvalue weighted by Gasteiger charge is -2.31. The van der Waals surface area contributed by atoms with Crippen molar-refractivity contribution in [2.45, 2.75) is 64.0 Å². The largest absolute Gasteiger partial charge is 0.345 e. The van der Waals surface area contributed by atoms with Crippen LogP contribution < -0.4 is 16.7 Å². The van der Waals surface area contributed by atoms with Gasteiger partial charge in [-0.25, -0.2) is 4.79 Å². The maximum absolute atomic E-state index is 12.7. The number of H-pyrrole nitrogens is 1. The first-order valence-corrected chi connectivity index (χ1v) is 9.30. The quantitative estimate of drug-likeness (QED) is 0.718. The Hall–Kier alpha value is -1.79. The number of fused-ring (bicyclic) bond motifs is 1. The Labute approximate surface area is 159 Å². The number of hydrogen-bond donors (Lipinski definition) is 3. The van der Waals surface area contributed by atoms with E-state index in [1.807, 2.05) is 24.5 Å². The van der Waals surface area contributed by atoms with Crippen LogP contribution in [0, 0.1) is 0 Å². The predicted octanol–water partition coefficient (Wildman–Crippen LogP) is 3.11. The lowest BCUT2D eigenvalue weighted by Crippen LogP contribution is -2.52. The molecule has 0 atom stereocenters. The van der Waals surface area contributed by atoms with Crippen LogP contribution in [-0.2, 0) is 0 Å². The van der Waals surface area contributed by atoms with E-state index in [9.17, 15) is 9.59 Å². The molecule has 0 bridgehead atoms. The number of hydrogen-bond acceptors (Lipinski definition) is 3. The summed E-state index contributed by atoms with van der Waals surface area (Å²) in [7, 11) is 0. The van der Waals surface area contributed by atoms with Crippen LogP contribution in [0.4, 0.5) is 0 Å². The summed E-state index contributed by atoms with van der Waals surface area (Å²) in [5, 5.41) is 3.07. The number of aromatic amines is 1. The molecule has 0 spiro atoms. The zero-order valence-corrected chi connectivity index (χ0v) is 16.3.